The van der Waals surface area contributed by atoms with Crippen LogP contribution in [0.3, 0.4) is 0 Å². The quantitative estimate of drug-likeness (QED) is 0.333. The van der Waals surface area contributed by atoms with Gasteiger partial charge in [-0.25, -0.2) is 13.7 Å². The number of aryl methyl sites for hydroxylation is 1. The zero-order valence-corrected chi connectivity index (χ0v) is 21.0. The van der Waals surface area contributed by atoms with Crippen molar-refractivity contribution in [3.8, 4) is 11.4 Å². The van der Waals surface area contributed by atoms with Gasteiger partial charge < -0.3 is 25.0 Å². The zero-order valence-electron chi connectivity index (χ0n) is 21.0. The van der Waals surface area contributed by atoms with Gasteiger partial charge in [-0.2, -0.15) is 9.90 Å². The van der Waals surface area contributed by atoms with Gasteiger partial charge in [-0.15, -0.1) is 10.2 Å². The minimum absolute atomic E-state index is 0.0886. The second-order valence-electron chi connectivity index (χ2n) is 8.79. The molecule has 4 aromatic rings. The first kappa shape index (κ1) is 25.1. The molecule has 1 aliphatic rings. The first-order chi connectivity index (χ1) is 18.4. The number of carbonyl (C=O) groups is 2. The van der Waals surface area contributed by atoms with Crippen LogP contribution >= 0.6 is 0 Å². The number of ether oxygens (including phenoxy) is 2. The highest BCUT2D eigenvalue weighted by Gasteiger charge is 2.34. The Morgan fingerprint density at radius 2 is 2.00 bits per heavy atom. The van der Waals surface area contributed by atoms with Crippen molar-refractivity contribution in [2.75, 3.05) is 51.1 Å². The van der Waals surface area contributed by atoms with Crippen molar-refractivity contribution in [2.45, 2.75) is 13.0 Å². The molecule has 0 saturated carbocycles. The van der Waals surface area contributed by atoms with Gasteiger partial charge in [-0.3, -0.25) is 4.79 Å². The largest absolute Gasteiger partial charge is 0.453 e. The van der Waals surface area contributed by atoms with E-state index in [1.54, 1.807) is 24.1 Å². The number of amides is 2. The van der Waals surface area contributed by atoms with Crippen LogP contribution in [0.1, 0.15) is 22.0 Å². The summed E-state index contributed by atoms with van der Waals surface area (Å²) in [5, 5.41) is 22.7. The average molecular weight is 524 g/mol. The van der Waals surface area contributed by atoms with Crippen LogP contribution in [0.5, 0.6) is 0 Å². The van der Waals surface area contributed by atoms with Gasteiger partial charge in [0, 0.05) is 24.9 Å². The summed E-state index contributed by atoms with van der Waals surface area (Å²) in [6.07, 6.45) is 2.22. The molecule has 5 rings (SSSR count). The molecule has 1 aromatic carbocycles. The summed E-state index contributed by atoms with van der Waals surface area (Å²) in [6, 6.07) is 6.90. The van der Waals surface area contributed by atoms with Crippen LogP contribution in [0.25, 0.3) is 16.9 Å². The number of anilines is 2. The zero-order chi connectivity index (χ0) is 26.8. The van der Waals surface area contributed by atoms with Gasteiger partial charge in [0.1, 0.15) is 6.04 Å². The number of tetrazole rings is 1. The first-order valence-electron chi connectivity index (χ1n) is 11.8. The Morgan fingerprint density at radius 3 is 2.76 bits per heavy atom. The number of benzene rings is 1. The fraction of sp³-hybridized carbons (Fsp3) is 0.333. The van der Waals surface area contributed by atoms with Crippen molar-refractivity contribution in [1.29, 1.82) is 0 Å². The fourth-order valence-electron chi connectivity index (χ4n) is 4.06. The molecule has 13 nitrogen and oxygen atoms in total. The molecular formula is C24H26FN9O4. The lowest BCUT2D eigenvalue weighted by Gasteiger charge is -2.36. The van der Waals surface area contributed by atoms with E-state index in [9.17, 15) is 14.0 Å². The normalized spacial score (nSPS) is 13.4. The number of fused-ring (bicyclic) bond motifs is 1. The molecule has 38 heavy (non-hydrogen) atoms. The maximum atomic E-state index is 14.4. The number of halogens is 1. The van der Waals surface area contributed by atoms with E-state index in [-0.39, 0.29) is 17.3 Å². The van der Waals surface area contributed by atoms with Gasteiger partial charge in [0.15, 0.2) is 5.82 Å². The number of methoxy groups -OCH3 is 2. The van der Waals surface area contributed by atoms with Crippen molar-refractivity contribution >= 4 is 28.9 Å². The lowest BCUT2D eigenvalue weighted by atomic mass is 10.1. The summed E-state index contributed by atoms with van der Waals surface area (Å²) in [6.45, 7) is 3.55. The summed E-state index contributed by atoms with van der Waals surface area (Å²) in [4.78, 5) is 27.8. The number of hydrogen-bond donors (Lipinski definition) is 2. The lowest BCUT2D eigenvalue weighted by molar-refractivity contribution is 0.0621. The van der Waals surface area contributed by atoms with Gasteiger partial charge in [0.05, 0.1) is 56.0 Å². The highest BCUT2D eigenvalue weighted by molar-refractivity contribution is 6.09. The number of nitrogens with zero attached hydrogens (tertiary/aromatic N) is 7. The number of carbonyl (C=O) groups excluding carboxylic acids is 2. The second-order valence-corrected chi connectivity index (χ2v) is 8.79. The standard InChI is InChI=1S/C24H26FN9O4/c1-14-4-5-15(22-29-31-34(30-22)16-11-32(12-16)24(36)38-3)8-19(14)28-23(35)17-10-27-33-13-18(25)20(9-21(17)33)26-6-7-37-2/h4-5,8-10,13,16,26H,6-7,11-12H2,1-3H3,(H,28,35). The minimum Gasteiger partial charge on any atom is -0.453 e. The van der Waals surface area contributed by atoms with Gasteiger partial charge in [0.2, 0.25) is 5.82 Å². The van der Waals surface area contributed by atoms with E-state index in [1.165, 1.54) is 28.8 Å². The molecule has 0 bridgehead atoms. The van der Waals surface area contributed by atoms with E-state index in [0.29, 0.717) is 48.8 Å². The molecule has 14 heteroatoms. The lowest BCUT2D eigenvalue weighted by Crippen LogP contribution is -2.51. The SMILES string of the molecule is COCCNc1cc2c(C(=O)Nc3cc(-c4nnn(C5CN(C(=O)OC)C5)n4)ccc3C)cnn2cc1F. The smallest absolute Gasteiger partial charge is 0.409 e. The molecule has 0 spiro atoms. The van der Waals surface area contributed by atoms with Crippen LogP contribution in [-0.2, 0) is 9.47 Å². The van der Waals surface area contributed by atoms with Crippen molar-refractivity contribution in [3.63, 3.8) is 0 Å². The van der Waals surface area contributed by atoms with Crippen LogP contribution in [0.2, 0.25) is 0 Å². The number of rotatable bonds is 8. The van der Waals surface area contributed by atoms with Crippen molar-refractivity contribution < 1.29 is 23.5 Å². The molecule has 4 heterocycles. The summed E-state index contributed by atoms with van der Waals surface area (Å²) in [7, 11) is 2.90. The van der Waals surface area contributed by atoms with Crippen LogP contribution in [-0.4, -0.2) is 87.2 Å². The summed E-state index contributed by atoms with van der Waals surface area (Å²) in [5.41, 5.74) is 3.03. The van der Waals surface area contributed by atoms with Gasteiger partial charge in [-0.1, -0.05) is 12.1 Å². The van der Waals surface area contributed by atoms with E-state index in [1.807, 2.05) is 19.1 Å². The predicted octanol–water partition coefficient (Wildman–Crippen LogP) is 2.37. The average Bonchev–Trinajstić information content (AvgIpc) is 3.52. The van der Waals surface area contributed by atoms with Crippen LogP contribution < -0.4 is 10.6 Å². The van der Waals surface area contributed by atoms with Crippen molar-refractivity contribution in [2.24, 2.45) is 0 Å². The Kier molecular flexibility index (Phi) is 6.87. The first-order valence-corrected chi connectivity index (χ1v) is 11.8. The molecule has 1 saturated heterocycles. The predicted molar refractivity (Wildman–Crippen MR) is 134 cm³/mol. The second kappa shape index (κ2) is 10.4. The third-order valence-electron chi connectivity index (χ3n) is 6.27. The molecule has 2 N–H and O–H groups in total. The van der Waals surface area contributed by atoms with E-state index < -0.39 is 17.8 Å². The number of aromatic nitrogens is 6. The van der Waals surface area contributed by atoms with E-state index in [0.717, 1.165) is 5.56 Å². The van der Waals surface area contributed by atoms with Crippen LogP contribution in [0, 0.1) is 12.7 Å². The van der Waals surface area contributed by atoms with Crippen molar-refractivity contribution in [3.05, 3.63) is 53.6 Å². The topological polar surface area (TPSA) is 141 Å². The van der Waals surface area contributed by atoms with E-state index in [2.05, 4.69) is 31.1 Å². The van der Waals surface area contributed by atoms with Crippen molar-refractivity contribution in [1.82, 2.24) is 34.7 Å². The Labute approximate surface area is 216 Å². The Balaban J connectivity index is 1.33. The number of pyridine rings is 1. The summed E-state index contributed by atoms with van der Waals surface area (Å²) in [5.74, 6) is -0.508. The van der Waals surface area contributed by atoms with Crippen LogP contribution in [0.4, 0.5) is 20.6 Å². The molecule has 0 unspecified atom stereocenters. The maximum absolute atomic E-state index is 14.4. The van der Waals surface area contributed by atoms with Crippen LogP contribution in [0.15, 0.2) is 36.7 Å². The Bertz CT molecular complexity index is 1500. The highest BCUT2D eigenvalue weighted by atomic mass is 19.1. The third-order valence-corrected chi connectivity index (χ3v) is 6.27. The Morgan fingerprint density at radius 1 is 1.18 bits per heavy atom. The molecule has 1 fully saturated rings. The molecule has 3 aromatic heterocycles. The molecular weight excluding hydrogens is 497 g/mol. The molecule has 0 aliphatic carbocycles. The fourth-order valence-corrected chi connectivity index (χ4v) is 4.06. The van der Waals surface area contributed by atoms with E-state index in [4.69, 9.17) is 9.47 Å². The summed E-state index contributed by atoms with van der Waals surface area (Å²) < 4.78 is 25.4. The van der Waals surface area contributed by atoms with Gasteiger partial charge >= 0.3 is 6.09 Å². The number of hydrogen-bond acceptors (Lipinski definition) is 9. The Hall–Kier alpha value is -4.59. The number of nitrogens with one attached hydrogen (secondary N) is 2. The third kappa shape index (κ3) is 4.85. The molecule has 198 valence electrons. The monoisotopic (exact) mass is 523 g/mol. The van der Waals surface area contributed by atoms with Gasteiger partial charge in [0.25, 0.3) is 5.91 Å². The maximum Gasteiger partial charge on any atom is 0.409 e. The summed E-state index contributed by atoms with van der Waals surface area (Å²) >= 11 is 0. The van der Waals surface area contributed by atoms with Gasteiger partial charge in [-0.05, 0) is 29.8 Å². The highest BCUT2D eigenvalue weighted by Crippen LogP contribution is 2.26. The van der Waals surface area contributed by atoms with E-state index >= 15 is 0 Å². The molecule has 1 aliphatic heterocycles. The molecule has 2 amide bonds. The molecule has 0 radical (unpaired) electrons. The minimum atomic E-state index is -0.493. The number of likely N-dealkylation sites (tertiary alicyclic amines) is 1. The molecule has 0 atom stereocenters.